The van der Waals surface area contributed by atoms with Gasteiger partial charge >= 0.3 is 11.9 Å². The Kier molecular flexibility index (Phi) is 8.01. The fraction of sp³-hybridized carbons (Fsp3) is 0.333. The summed E-state index contributed by atoms with van der Waals surface area (Å²) in [6.45, 7) is 3.64. The van der Waals surface area contributed by atoms with Crippen LogP contribution in [-0.4, -0.2) is 35.1 Å². The van der Waals surface area contributed by atoms with Crippen LogP contribution in [0.15, 0.2) is 36.7 Å². The SMILES string of the molecule is C.CCOC(=O)C(C(=O)OCC)c1cnc(-c2ccc(Cl)cc2)cn1. The van der Waals surface area contributed by atoms with E-state index in [0.29, 0.717) is 10.7 Å². The van der Waals surface area contributed by atoms with Crippen LogP contribution >= 0.6 is 11.6 Å². The summed E-state index contributed by atoms with van der Waals surface area (Å²) in [6, 6.07) is 7.10. The van der Waals surface area contributed by atoms with Crippen molar-refractivity contribution < 1.29 is 19.1 Å². The Morgan fingerprint density at radius 2 is 1.56 bits per heavy atom. The molecule has 25 heavy (non-hydrogen) atoms. The third-order valence-corrected chi connectivity index (χ3v) is 3.40. The molecule has 134 valence electrons. The summed E-state index contributed by atoms with van der Waals surface area (Å²) in [6.07, 6.45) is 2.87. The Balaban J connectivity index is 0.00000312. The summed E-state index contributed by atoms with van der Waals surface area (Å²) in [5.41, 5.74) is 1.61. The van der Waals surface area contributed by atoms with Gasteiger partial charge < -0.3 is 9.47 Å². The van der Waals surface area contributed by atoms with Crippen LogP contribution in [0.2, 0.25) is 5.02 Å². The summed E-state index contributed by atoms with van der Waals surface area (Å²) in [5, 5.41) is 0.619. The van der Waals surface area contributed by atoms with Gasteiger partial charge in [-0.1, -0.05) is 31.2 Å². The quantitative estimate of drug-likeness (QED) is 0.575. The van der Waals surface area contributed by atoms with Crippen LogP contribution in [0.4, 0.5) is 0 Å². The van der Waals surface area contributed by atoms with Crippen molar-refractivity contribution in [2.45, 2.75) is 27.2 Å². The van der Waals surface area contributed by atoms with E-state index in [2.05, 4.69) is 9.97 Å². The smallest absolute Gasteiger partial charge is 0.326 e. The number of esters is 2. The number of carbonyl (C=O) groups excluding carboxylic acids is 2. The number of nitrogens with zero attached hydrogens (tertiary/aromatic N) is 2. The Hall–Kier alpha value is -2.47. The van der Waals surface area contributed by atoms with Gasteiger partial charge in [0, 0.05) is 10.6 Å². The maximum absolute atomic E-state index is 12.0. The lowest BCUT2D eigenvalue weighted by Crippen LogP contribution is -2.27. The predicted molar refractivity (Wildman–Crippen MR) is 95.2 cm³/mol. The van der Waals surface area contributed by atoms with Crippen molar-refractivity contribution in [3.63, 3.8) is 0 Å². The molecule has 1 heterocycles. The minimum absolute atomic E-state index is 0. The second kappa shape index (κ2) is 9.74. The zero-order chi connectivity index (χ0) is 17.5. The number of ether oxygens (including phenoxy) is 2. The molecule has 6 nitrogen and oxygen atoms in total. The van der Waals surface area contributed by atoms with Crippen LogP contribution in [0.1, 0.15) is 32.9 Å². The highest BCUT2D eigenvalue weighted by Gasteiger charge is 2.33. The molecule has 0 radical (unpaired) electrons. The molecular weight excluding hydrogens is 344 g/mol. The zero-order valence-electron chi connectivity index (χ0n) is 13.4. The molecule has 0 fully saturated rings. The second-order valence-electron chi connectivity index (χ2n) is 4.77. The number of carbonyl (C=O) groups is 2. The average Bonchev–Trinajstić information content (AvgIpc) is 2.57. The van der Waals surface area contributed by atoms with E-state index in [-0.39, 0.29) is 26.3 Å². The van der Waals surface area contributed by atoms with Gasteiger partial charge in [-0.05, 0) is 26.0 Å². The molecule has 0 spiro atoms. The molecule has 0 aliphatic rings. The van der Waals surface area contributed by atoms with Gasteiger partial charge in [0.1, 0.15) is 0 Å². The third kappa shape index (κ3) is 5.26. The van der Waals surface area contributed by atoms with E-state index >= 15 is 0 Å². The third-order valence-electron chi connectivity index (χ3n) is 3.15. The molecule has 0 saturated carbocycles. The van der Waals surface area contributed by atoms with E-state index in [1.807, 2.05) is 0 Å². The van der Waals surface area contributed by atoms with Crippen LogP contribution in [-0.2, 0) is 19.1 Å². The van der Waals surface area contributed by atoms with Gasteiger partial charge in [0.2, 0.25) is 0 Å². The van der Waals surface area contributed by atoms with E-state index in [1.54, 1.807) is 38.1 Å². The molecule has 2 aromatic rings. The van der Waals surface area contributed by atoms with Gasteiger partial charge in [0.05, 0.1) is 37.0 Å². The maximum atomic E-state index is 12.0. The maximum Gasteiger partial charge on any atom is 0.326 e. The minimum atomic E-state index is -1.24. The van der Waals surface area contributed by atoms with Gasteiger partial charge in [0.15, 0.2) is 5.92 Å². The Labute approximate surface area is 152 Å². The summed E-state index contributed by atoms with van der Waals surface area (Å²) in [4.78, 5) is 32.5. The highest BCUT2D eigenvalue weighted by Crippen LogP contribution is 2.22. The van der Waals surface area contributed by atoms with Gasteiger partial charge in [-0.15, -0.1) is 0 Å². The number of benzene rings is 1. The molecule has 0 unspecified atom stereocenters. The van der Waals surface area contributed by atoms with Crippen molar-refractivity contribution in [2.24, 2.45) is 0 Å². The van der Waals surface area contributed by atoms with Gasteiger partial charge in [-0.25, -0.2) is 0 Å². The van der Waals surface area contributed by atoms with Crippen molar-refractivity contribution in [1.82, 2.24) is 9.97 Å². The summed E-state index contributed by atoms with van der Waals surface area (Å²) in [5.74, 6) is -2.65. The van der Waals surface area contributed by atoms with E-state index in [9.17, 15) is 9.59 Å². The standard InChI is InChI=1S/C17H17ClN2O4.CH4/c1-3-23-16(21)15(17(22)24-4-2)14-10-19-13(9-20-14)11-5-7-12(18)8-6-11;/h5-10,15H,3-4H2,1-2H3;1H4. The average molecular weight is 365 g/mol. The molecule has 0 amide bonds. The topological polar surface area (TPSA) is 78.4 Å². The number of rotatable bonds is 6. The number of halogens is 1. The highest BCUT2D eigenvalue weighted by molar-refractivity contribution is 6.30. The van der Waals surface area contributed by atoms with Crippen LogP contribution in [0, 0.1) is 0 Å². The molecule has 0 bridgehead atoms. The summed E-state index contributed by atoms with van der Waals surface area (Å²) in [7, 11) is 0. The van der Waals surface area contributed by atoms with Crippen LogP contribution < -0.4 is 0 Å². The molecule has 0 saturated heterocycles. The molecule has 1 aromatic heterocycles. The monoisotopic (exact) mass is 364 g/mol. The van der Waals surface area contributed by atoms with E-state index in [0.717, 1.165) is 5.56 Å². The van der Waals surface area contributed by atoms with Crippen molar-refractivity contribution in [1.29, 1.82) is 0 Å². The summed E-state index contributed by atoms with van der Waals surface area (Å²) < 4.78 is 9.86. The minimum Gasteiger partial charge on any atom is -0.465 e. The van der Waals surface area contributed by atoms with E-state index in [1.165, 1.54) is 12.4 Å². The first-order valence-corrected chi connectivity index (χ1v) is 7.85. The Bertz CT molecular complexity index is 684. The zero-order valence-corrected chi connectivity index (χ0v) is 14.1. The Morgan fingerprint density at radius 1 is 1.00 bits per heavy atom. The summed E-state index contributed by atoms with van der Waals surface area (Å²) >= 11 is 5.86. The van der Waals surface area contributed by atoms with E-state index in [4.69, 9.17) is 21.1 Å². The number of hydrogen-bond acceptors (Lipinski definition) is 6. The lowest BCUT2D eigenvalue weighted by molar-refractivity contribution is -0.157. The van der Waals surface area contributed by atoms with Gasteiger partial charge in [0.25, 0.3) is 0 Å². The lowest BCUT2D eigenvalue weighted by Gasteiger charge is -2.13. The number of hydrogen-bond donors (Lipinski definition) is 0. The molecule has 0 aliphatic carbocycles. The second-order valence-corrected chi connectivity index (χ2v) is 5.21. The predicted octanol–water partition coefficient (Wildman–Crippen LogP) is 3.64. The van der Waals surface area contributed by atoms with Gasteiger partial charge in [-0.2, -0.15) is 0 Å². The molecule has 2 rings (SSSR count). The van der Waals surface area contributed by atoms with E-state index < -0.39 is 17.9 Å². The van der Waals surface area contributed by atoms with Gasteiger partial charge in [-0.3, -0.25) is 19.6 Å². The molecule has 0 N–H and O–H groups in total. The fourth-order valence-corrected chi connectivity index (χ4v) is 2.17. The number of aromatic nitrogens is 2. The lowest BCUT2D eigenvalue weighted by atomic mass is 10.1. The van der Waals surface area contributed by atoms with Crippen molar-refractivity contribution in [3.05, 3.63) is 47.4 Å². The molecule has 0 atom stereocenters. The Morgan fingerprint density at radius 3 is 2.00 bits per heavy atom. The molecule has 1 aromatic carbocycles. The largest absolute Gasteiger partial charge is 0.465 e. The molecular formula is C18H21ClN2O4. The first-order chi connectivity index (χ1) is 11.6. The first kappa shape index (κ1) is 20.6. The normalized spacial score (nSPS) is 10.1. The van der Waals surface area contributed by atoms with Crippen LogP contribution in [0.5, 0.6) is 0 Å². The van der Waals surface area contributed by atoms with Crippen molar-refractivity contribution in [3.8, 4) is 11.3 Å². The first-order valence-electron chi connectivity index (χ1n) is 7.48. The highest BCUT2D eigenvalue weighted by atomic mass is 35.5. The van der Waals surface area contributed by atoms with Crippen molar-refractivity contribution in [2.75, 3.05) is 13.2 Å². The fourth-order valence-electron chi connectivity index (χ4n) is 2.05. The molecule has 0 aliphatic heterocycles. The van der Waals surface area contributed by atoms with Crippen molar-refractivity contribution >= 4 is 23.5 Å². The van der Waals surface area contributed by atoms with Crippen LogP contribution in [0.3, 0.4) is 0 Å². The molecule has 7 heteroatoms. The van der Waals surface area contributed by atoms with Crippen LogP contribution in [0.25, 0.3) is 11.3 Å².